The molecule has 1 aliphatic carbocycles. The number of alkyl halides is 6. The van der Waals surface area contributed by atoms with E-state index in [1.807, 2.05) is 0 Å². The minimum absolute atomic E-state index is 0.583. The zero-order valence-electron chi connectivity index (χ0n) is 7.93. The minimum Gasteiger partial charge on any atom is -0.216 e. The van der Waals surface area contributed by atoms with Gasteiger partial charge in [0.25, 0.3) is 0 Å². The Morgan fingerprint density at radius 2 is 1.20 bits per heavy atom. The first kappa shape index (κ1) is 14.2. The number of halogens is 7. The first-order valence-electron chi connectivity index (χ1n) is 3.85. The van der Waals surface area contributed by atoms with Crippen molar-refractivity contribution in [2.75, 3.05) is 0 Å². The Morgan fingerprint density at radius 3 is 1.20 bits per heavy atom. The molecule has 0 bridgehead atoms. The summed E-state index contributed by atoms with van der Waals surface area (Å²) in [5.41, 5.74) is 0.713. The molecule has 0 heterocycles. The largest absolute Gasteiger partial charge is 0.372 e. The SMILES string of the molecule is CC(C)=CF.FC1(F)CC(F)(F)C1(F)F. The molecule has 0 radical (unpaired) electrons. The molecule has 7 heteroatoms. The molecule has 1 saturated carbocycles. The van der Waals surface area contributed by atoms with Gasteiger partial charge in [0.2, 0.25) is 0 Å². The molecule has 1 aliphatic rings. The summed E-state index contributed by atoms with van der Waals surface area (Å²) in [6, 6.07) is 0. The Hall–Kier alpha value is -0.750. The van der Waals surface area contributed by atoms with Gasteiger partial charge < -0.3 is 0 Å². The lowest BCUT2D eigenvalue weighted by atomic mass is 9.84. The van der Waals surface area contributed by atoms with Crippen LogP contribution in [0.2, 0.25) is 0 Å². The van der Waals surface area contributed by atoms with Gasteiger partial charge in [-0.25, -0.2) is 4.39 Å². The number of hydrogen-bond donors (Lipinski definition) is 0. The van der Waals surface area contributed by atoms with Gasteiger partial charge in [0.05, 0.1) is 12.8 Å². The van der Waals surface area contributed by atoms with Crippen LogP contribution in [0.25, 0.3) is 0 Å². The van der Waals surface area contributed by atoms with Gasteiger partial charge in [-0.2, -0.15) is 26.3 Å². The highest BCUT2D eigenvalue weighted by molar-refractivity contribution is 5.09. The van der Waals surface area contributed by atoms with Gasteiger partial charge in [-0.15, -0.1) is 0 Å². The highest BCUT2D eigenvalue weighted by Crippen LogP contribution is 2.60. The van der Waals surface area contributed by atoms with Gasteiger partial charge >= 0.3 is 17.8 Å². The van der Waals surface area contributed by atoms with E-state index in [4.69, 9.17) is 0 Å². The van der Waals surface area contributed by atoms with Gasteiger partial charge in [-0.1, -0.05) is 0 Å². The number of allylic oxidation sites excluding steroid dienone is 1. The Bertz CT molecular complexity index is 234. The molecule has 0 aromatic carbocycles. The highest BCUT2D eigenvalue weighted by Gasteiger charge is 2.83. The Balaban J connectivity index is 0.000000336. The van der Waals surface area contributed by atoms with E-state index in [-0.39, 0.29) is 0 Å². The van der Waals surface area contributed by atoms with Crippen LogP contribution in [-0.4, -0.2) is 17.8 Å². The summed E-state index contributed by atoms with van der Waals surface area (Å²) in [6.45, 7) is 3.42. The fraction of sp³-hybridized carbons (Fsp3) is 0.750. The Labute approximate surface area is 81.8 Å². The minimum atomic E-state index is -5.15. The van der Waals surface area contributed by atoms with Crippen LogP contribution in [-0.2, 0) is 0 Å². The first-order valence-corrected chi connectivity index (χ1v) is 3.85. The van der Waals surface area contributed by atoms with Crippen molar-refractivity contribution in [1.82, 2.24) is 0 Å². The third-order valence-electron chi connectivity index (χ3n) is 1.58. The monoisotopic (exact) mass is 238 g/mol. The Kier molecular flexibility index (Phi) is 3.82. The zero-order chi connectivity index (χ0) is 12.5. The number of rotatable bonds is 0. The van der Waals surface area contributed by atoms with Gasteiger partial charge in [0.15, 0.2) is 0 Å². The summed E-state index contributed by atoms with van der Waals surface area (Å²) >= 11 is 0. The molecule has 0 atom stereocenters. The third kappa shape index (κ3) is 2.63. The smallest absolute Gasteiger partial charge is 0.216 e. The Morgan fingerprint density at radius 1 is 0.933 bits per heavy atom. The van der Waals surface area contributed by atoms with E-state index in [9.17, 15) is 30.7 Å². The molecule has 90 valence electrons. The molecule has 0 spiro atoms. The molecule has 0 aromatic rings. The molecule has 0 unspecified atom stereocenters. The lowest BCUT2D eigenvalue weighted by molar-refractivity contribution is -0.396. The van der Waals surface area contributed by atoms with Gasteiger partial charge in [-0.3, -0.25) is 0 Å². The van der Waals surface area contributed by atoms with Crippen LogP contribution in [0.5, 0.6) is 0 Å². The van der Waals surface area contributed by atoms with E-state index in [1.54, 1.807) is 13.8 Å². The lowest BCUT2D eigenvalue weighted by Crippen LogP contribution is -2.67. The molecular weight excluding hydrogens is 229 g/mol. The molecule has 1 fully saturated rings. The average Bonchev–Trinajstić information content (AvgIpc) is 2.02. The maximum atomic E-state index is 11.6. The predicted octanol–water partition coefficient (Wildman–Crippen LogP) is 4.18. The van der Waals surface area contributed by atoms with E-state index in [1.165, 1.54) is 0 Å². The van der Waals surface area contributed by atoms with E-state index in [2.05, 4.69) is 0 Å². The second kappa shape index (κ2) is 4.02. The van der Waals surface area contributed by atoms with Gasteiger partial charge in [0.1, 0.15) is 0 Å². The second-order valence-electron chi connectivity index (χ2n) is 3.35. The molecule has 0 nitrogen and oxygen atoms in total. The van der Waals surface area contributed by atoms with Gasteiger partial charge in [-0.05, 0) is 19.4 Å². The van der Waals surface area contributed by atoms with Crippen molar-refractivity contribution >= 4 is 0 Å². The molecule has 0 saturated heterocycles. The number of hydrogen-bond acceptors (Lipinski definition) is 0. The highest BCUT2D eigenvalue weighted by atomic mass is 19.4. The topological polar surface area (TPSA) is 0 Å². The van der Waals surface area contributed by atoms with E-state index in [0.29, 0.717) is 11.9 Å². The molecule has 0 N–H and O–H groups in total. The van der Waals surface area contributed by atoms with Crippen LogP contribution in [0.15, 0.2) is 11.9 Å². The van der Waals surface area contributed by atoms with Crippen molar-refractivity contribution in [1.29, 1.82) is 0 Å². The molecule has 1 rings (SSSR count). The van der Waals surface area contributed by atoms with Crippen molar-refractivity contribution in [3.05, 3.63) is 11.9 Å². The van der Waals surface area contributed by atoms with Crippen LogP contribution < -0.4 is 0 Å². The fourth-order valence-corrected chi connectivity index (χ4v) is 0.662. The van der Waals surface area contributed by atoms with Gasteiger partial charge in [0, 0.05) is 0 Å². The summed E-state index contributed by atoms with van der Waals surface area (Å²) in [7, 11) is 0. The molecule has 15 heavy (non-hydrogen) atoms. The maximum Gasteiger partial charge on any atom is 0.372 e. The average molecular weight is 238 g/mol. The summed E-state index contributed by atoms with van der Waals surface area (Å²) < 4.78 is 80.5. The summed E-state index contributed by atoms with van der Waals surface area (Å²) in [5, 5.41) is 0. The standard InChI is InChI=1S/C4H2F6.C4H7F/c5-2(6)1-3(7,8)4(2,9)10;1-4(2)3-5/h1H2;3H,1-2H3. The summed E-state index contributed by atoms with van der Waals surface area (Å²) in [5.74, 6) is -14.2. The summed E-state index contributed by atoms with van der Waals surface area (Å²) in [4.78, 5) is 0. The van der Waals surface area contributed by atoms with Crippen LogP contribution in [0, 0.1) is 0 Å². The molecule has 0 amide bonds. The van der Waals surface area contributed by atoms with Crippen molar-refractivity contribution < 1.29 is 30.7 Å². The lowest BCUT2D eigenvalue weighted by Gasteiger charge is -2.42. The van der Waals surface area contributed by atoms with Crippen LogP contribution in [0.1, 0.15) is 20.3 Å². The maximum absolute atomic E-state index is 11.6. The summed E-state index contributed by atoms with van der Waals surface area (Å²) in [6.07, 6.45) is -1.47. The van der Waals surface area contributed by atoms with Crippen LogP contribution in [0.4, 0.5) is 30.7 Å². The quantitative estimate of drug-likeness (QED) is 0.555. The van der Waals surface area contributed by atoms with Crippen LogP contribution >= 0.6 is 0 Å². The van der Waals surface area contributed by atoms with Crippen molar-refractivity contribution in [3.8, 4) is 0 Å². The van der Waals surface area contributed by atoms with Crippen molar-refractivity contribution in [3.63, 3.8) is 0 Å². The second-order valence-corrected chi connectivity index (χ2v) is 3.35. The fourth-order valence-electron chi connectivity index (χ4n) is 0.662. The van der Waals surface area contributed by atoms with Crippen molar-refractivity contribution in [2.24, 2.45) is 0 Å². The van der Waals surface area contributed by atoms with E-state index >= 15 is 0 Å². The zero-order valence-corrected chi connectivity index (χ0v) is 7.93. The predicted molar refractivity (Wildman–Crippen MR) is 40.0 cm³/mol. The van der Waals surface area contributed by atoms with E-state index < -0.39 is 24.2 Å². The van der Waals surface area contributed by atoms with Crippen molar-refractivity contribution in [2.45, 2.75) is 38.0 Å². The van der Waals surface area contributed by atoms with E-state index in [0.717, 1.165) is 0 Å². The van der Waals surface area contributed by atoms with Crippen LogP contribution in [0.3, 0.4) is 0 Å². The third-order valence-corrected chi connectivity index (χ3v) is 1.58. The molecular formula is C8H9F7. The molecule has 0 aromatic heterocycles. The first-order chi connectivity index (χ1) is 6.48. The normalized spacial score (nSPS) is 24.3. The molecule has 0 aliphatic heterocycles.